The van der Waals surface area contributed by atoms with Gasteiger partial charge in [0.25, 0.3) is 0 Å². The molecule has 0 fully saturated rings. The van der Waals surface area contributed by atoms with Gasteiger partial charge in [-0.2, -0.15) is 5.10 Å². The molecule has 6 heteroatoms. The fourth-order valence-corrected chi connectivity index (χ4v) is 5.28. The molecule has 5 rings (SSSR count). The van der Waals surface area contributed by atoms with Crippen molar-refractivity contribution in [2.24, 2.45) is 16.7 Å². The van der Waals surface area contributed by atoms with E-state index < -0.39 is 0 Å². The summed E-state index contributed by atoms with van der Waals surface area (Å²) < 4.78 is 4.76. The number of thiophene rings is 1. The summed E-state index contributed by atoms with van der Waals surface area (Å²) in [6.07, 6.45) is 9.41. The maximum atomic E-state index is 5.89. The fraction of sp³-hybridized carbons (Fsp3) is 0.0400. The standard InChI is InChI=1S/C25H21N5S/c1-2-8-16(25(26)29-27)9-7-14-30-19-12-5-3-10-17(19)22-20(30)15-28-23-18-11-4-6-13-21(18)31-24(22)23/h2-13,15H,1,14,27H2,(H2,26,29)/b9-7-,16-8+. The molecule has 0 saturated carbocycles. The normalized spacial score (nSPS) is 13.3. The quantitative estimate of drug-likeness (QED) is 0.129. The molecule has 3 heterocycles. The average molecular weight is 424 g/mol. The molecule has 0 saturated heterocycles. The van der Waals surface area contributed by atoms with Crippen molar-refractivity contribution < 1.29 is 0 Å². The van der Waals surface area contributed by atoms with Gasteiger partial charge in [0.05, 0.1) is 21.9 Å². The minimum atomic E-state index is 0.270. The number of amidine groups is 1. The summed E-state index contributed by atoms with van der Waals surface area (Å²) in [4.78, 5) is 4.85. The van der Waals surface area contributed by atoms with E-state index in [9.17, 15) is 0 Å². The molecule has 4 N–H and O–H groups in total. The lowest BCUT2D eigenvalue weighted by molar-refractivity contribution is 0.896. The molecule has 0 bridgehead atoms. The molecule has 0 unspecified atom stereocenters. The first-order valence-corrected chi connectivity index (χ1v) is 10.7. The zero-order valence-electron chi connectivity index (χ0n) is 16.8. The van der Waals surface area contributed by atoms with E-state index in [4.69, 9.17) is 16.6 Å². The number of allylic oxidation sites excluding steroid dienone is 3. The van der Waals surface area contributed by atoms with Gasteiger partial charge >= 0.3 is 0 Å². The van der Waals surface area contributed by atoms with Gasteiger partial charge in [0.15, 0.2) is 0 Å². The Labute approximate surface area is 183 Å². The third kappa shape index (κ3) is 3.08. The number of pyridine rings is 1. The van der Waals surface area contributed by atoms with E-state index in [1.165, 1.54) is 31.1 Å². The third-order valence-electron chi connectivity index (χ3n) is 5.44. The molecule has 0 atom stereocenters. The average Bonchev–Trinajstić information content (AvgIpc) is 3.34. The Morgan fingerprint density at radius 1 is 1.10 bits per heavy atom. The van der Waals surface area contributed by atoms with Crippen molar-refractivity contribution in [3.05, 3.63) is 91.2 Å². The highest BCUT2D eigenvalue weighted by molar-refractivity contribution is 7.26. The zero-order valence-corrected chi connectivity index (χ0v) is 17.6. The first-order valence-electron chi connectivity index (χ1n) is 9.93. The molecule has 3 aromatic heterocycles. The van der Waals surface area contributed by atoms with Crippen molar-refractivity contribution in [2.45, 2.75) is 6.54 Å². The predicted octanol–water partition coefficient (Wildman–Crippen LogP) is 5.46. The van der Waals surface area contributed by atoms with Crippen LogP contribution in [-0.4, -0.2) is 15.4 Å². The molecule has 0 spiro atoms. The van der Waals surface area contributed by atoms with Gasteiger partial charge in [0.1, 0.15) is 5.84 Å². The molecule has 0 aliphatic heterocycles. The van der Waals surface area contributed by atoms with E-state index >= 15 is 0 Å². The Morgan fingerprint density at radius 2 is 1.87 bits per heavy atom. The fourth-order valence-electron chi connectivity index (χ4n) is 4.06. The summed E-state index contributed by atoms with van der Waals surface area (Å²) in [6.45, 7) is 4.39. The van der Waals surface area contributed by atoms with Crippen LogP contribution in [0.3, 0.4) is 0 Å². The van der Waals surface area contributed by atoms with E-state index in [0.29, 0.717) is 6.54 Å². The van der Waals surface area contributed by atoms with Crippen molar-refractivity contribution in [1.82, 2.24) is 9.55 Å². The molecule has 0 aliphatic rings. The van der Waals surface area contributed by atoms with Crippen LogP contribution >= 0.6 is 11.3 Å². The van der Waals surface area contributed by atoms with Gasteiger partial charge in [-0.25, -0.2) is 0 Å². The highest BCUT2D eigenvalue weighted by atomic mass is 32.1. The predicted molar refractivity (Wildman–Crippen MR) is 133 cm³/mol. The van der Waals surface area contributed by atoms with Crippen molar-refractivity contribution in [1.29, 1.82) is 0 Å². The number of fused-ring (bicyclic) bond motifs is 7. The van der Waals surface area contributed by atoms with E-state index in [0.717, 1.165) is 16.6 Å². The smallest absolute Gasteiger partial charge is 0.150 e. The SMILES string of the molecule is C=C/C=C(\C=C/Cn1c2ccccc2c2c3sc4ccccc4c3ncc21)C(/N)=N/N. The topological polar surface area (TPSA) is 82.2 Å². The monoisotopic (exact) mass is 423 g/mol. The molecule has 5 nitrogen and oxygen atoms in total. The van der Waals surface area contributed by atoms with E-state index in [-0.39, 0.29) is 5.84 Å². The first kappa shape index (κ1) is 19.1. The van der Waals surface area contributed by atoms with Gasteiger partial charge in [-0.1, -0.05) is 67.3 Å². The Morgan fingerprint density at radius 3 is 2.68 bits per heavy atom. The molecular formula is C25H21N5S. The molecule has 0 radical (unpaired) electrons. The largest absolute Gasteiger partial charge is 0.382 e. The molecule has 5 aromatic rings. The molecule has 2 aromatic carbocycles. The summed E-state index contributed by atoms with van der Waals surface area (Å²) in [7, 11) is 0. The summed E-state index contributed by atoms with van der Waals surface area (Å²) in [5.41, 5.74) is 9.96. The number of rotatable bonds is 5. The molecule has 0 amide bonds. The van der Waals surface area contributed by atoms with E-state index in [2.05, 4.69) is 64.8 Å². The van der Waals surface area contributed by atoms with E-state index in [1.807, 2.05) is 18.3 Å². The van der Waals surface area contributed by atoms with Crippen molar-refractivity contribution in [3.63, 3.8) is 0 Å². The van der Waals surface area contributed by atoms with Crippen LogP contribution in [0.25, 0.3) is 42.1 Å². The van der Waals surface area contributed by atoms with Gasteiger partial charge in [-0.3, -0.25) is 4.98 Å². The lowest BCUT2D eigenvalue weighted by Crippen LogP contribution is -2.15. The summed E-state index contributed by atoms with van der Waals surface area (Å²) in [5, 5.41) is 7.28. The van der Waals surface area contributed by atoms with Crippen LogP contribution in [0.4, 0.5) is 0 Å². The third-order valence-corrected chi connectivity index (χ3v) is 6.62. The van der Waals surface area contributed by atoms with Gasteiger partial charge in [-0.15, -0.1) is 11.3 Å². The molecule has 152 valence electrons. The van der Waals surface area contributed by atoms with Crippen LogP contribution < -0.4 is 11.6 Å². The Balaban J connectivity index is 1.71. The number of hydrazone groups is 1. The number of nitrogens with zero attached hydrogens (tertiary/aromatic N) is 3. The van der Waals surface area contributed by atoms with Crippen molar-refractivity contribution in [2.75, 3.05) is 0 Å². The summed E-state index contributed by atoms with van der Waals surface area (Å²) >= 11 is 1.80. The van der Waals surface area contributed by atoms with Crippen LogP contribution in [-0.2, 0) is 6.54 Å². The maximum Gasteiger partial charge on any atom is 0.150 e. The molecule has 0 aliphatic carbocycles. The summed E-state index contributed by atoms with van der Waals surface area (Å²) in [5.74, 6) is 5.62. The van der Waals surface area contributed by atoms with Crippen molar-refractivity contribution in [3.8, 4) is 0 Å². The lowest BCUT2D eigenvalue weighted by atomic mass is 10.1. The number of hydrogen-bond acceptors (Lipinski definition) is 4. The number of para-hydroxylation sites is 1. The number of aromatic nitrogens is 2. The van der Waals surface area contributed by atoms with Crippen LogP contribution in [0.15, 0.2) is 96.3 Å². The van der Waals surface area contributed by atoms with Crippen LogP contribution in [0.2, 0.25) is 0 Å². The highest BCUT2D eigenvalue weighted by Crippen LogP contribution is 2.40. The second kappa shape index (κ2) is 7.74. The zero-order chi connectivity index (χ0) is 21.4. The van der Waals surface area contributed by atoms with Crippen LogP contribution in [0.5, 0.6) is 0 Å². The van der Waals surface area contributed by atoms with Crippen LogP contribution in [0, 0.1) is 0 Å². The minimum absolute atomic E-state index is 0.270. The van der Waals surface area contributed by atoms with Gasteiger partial charge < -0.3 is 16.1 Å². The van der Waals surface area contributed by atoms with E-state index in [1.54, 1.807) is 23.5 Å². The Bertz CT molecular complexity index is 1550. The van der Waals surface area contributed by atoms with Gasteiger partial charge in [0, 0.05) is 38.5 Å². The number of benzene rings is 2. The molecular weight excluding hydrogens is 402 g/mol. The second-order valence-electron chi connectivity index (χ2n) is 7.20. The summed E-state index contributed by atoms with van der Waals surface area (Å²) in [6, 6.07) is 16.9. The highest BCUT2D eigenvalue weighted by Gasteiger charge is 2.16. The second-order valence-corrected chi connectivity index (χ2v) is 8.25. The van der Waals surface area contributed by atoms with Gasteiger partial charge in [0.2, 0.25) is 0 Å². The number of hydrogen-bond donors (Lipinski definition) is 2. The maximum absolute atomic E-state index is 5.89. The number of nitrogens with two attached hydrogens (primary N) is 2. The minimum Gasteiger partial charge on any atom is -0.382 e. The van der Waals surface area contributed by atoms with Gasteiger partial charge in [-0.05, 0) is 12.1 Å². The van der Waals surface area contributed by atoms with Crippen LogP contribution in [0.1, 0.15) is 0 Å². The Kier molecular flexibility index (Phi) is 4.76. The first-order chi connectivity index (χ1) is 15.2. The Hall–Kier alpha value is -3.90. The molecule has 31 heavy (non-hydrogen) atoms. The lowest BCUT2D eigenvalue weighted by Gasteiger charge is -2.04. The van der Waals surface area contributed by atoms with Crippen molar-refractivity contribution >= 4 is 59.3 Å².